The van der Waals surface area contributed by atoms with Crippen LogP contribution < -0.4 is 9.64 Å². The van der Waals surface area contributed by atoms with Crippen molar-refractivity contribution in [2.45, 2.75) is 12.8 Å². The number of ether oxygens (including phenoxy) is 1. The zero-order chi connectivity index (χ0) is 19.5. The molecule has 1 amide bonds. The first-order valence-corrected chi connectivity index (χ1v) is 9.68. The maximum Gasteiger partial charge on any atom is 0.231 e. The summed E-state index contributed by atoms with van der Waals surface area (Å²) in [6.07, 6.45) is 3.15. The summed E-state index contributed by atoms with van der Waals surface area (Å²) in [7, 11) is 1.65. The zero-order valence-electron chi connectivity index (χ0n) is 15.7. The number of carbonyl (C=O) groups is 1. The van der Waals surface area contributed by atoms with E-state index in [1.54, 1.807) is 13.2 Å². The van der Waals surface area contributed by atoms with E-state index in [0.29, 0.717) is 30.2 Å². The van der Waals surface area contributed by atoms with Gasteiger partial charge in [-0.05, 0) is 36.2 Å². The SMILES string of the molecule is COc1ccc(CCC(=O)N2CCN(c3nnc4c(Cl)cccn34)CC2)cc1. The highest BCUT2D eigenvalue weighted by Crippen LogP contribution is 2.21. The highest BCUT2D eigenvalue weighted by molar-refractivity contribution is 6.33. The Bertz CT molecular complexity index is 964. The van der Waals surface area contributed by atoms with Gasteiger partial charge in [-0.3, -0.25) is 9.20 Å². The third-order valence-corrected chi connectivity index (χ3v) is 5.37. The van der Waals surface area contributed by atoms with Crippen molar-refractivity contribution in [3.63, 3.8) is 0 Å². The molecule has 0 atom stereocenters. The molecule has 3 aromatic rings. The lowest BCUT2D eigenvalue weighted by molar-refractivity contribution is -0.131. The molecule has 0 saturated carbocycles. The number of fused-ring (bicyclic) bond motifs is 1. The van der Waals surface area contributed by atoms with Crippen LogP contribution in [0.3, 0.4) is 0 Å². The molecular weight excluding hydrogens is 378 g/mol. The number of amides is 1. The molecule has 0 spiro atoms. The third-order valence-electron chi connectivity index (χ3n) is 5.07. The predicted octanol–water partition coefficient (Wildman–Crippen LogP) is 2.67. The number of hydrogen-bond donors (Lipinski definition) is 0. The first-order valence-electron chi connectivity index (χ1n) is 9.30. The Kier molecular flexibility index (Phi) is 5.34. The van der Waals surface area contributed by atoms with Gasteiger partial charge >= 0.3 is 0 Å². The van der Waals surface area contributed by atoms with Crippen molar-refractivity contribution in [1.29, 1.82) is 0 Å². The number of carbonyl (C=O) groups excluding carboxylic acids is 1. The van der Waals surface area contributed by atoms with E-state index in [-0.39, 0.29) is 5.91 Å². The summed E-state index contributed by atoms with van der Waals surface area (Å²) < 4.78 is 7.06. The van der Waals surface area contributed by atoms with Gasteiger partial charge in [0, 0.05) is 38.8 Å². The summed E-state index contributed by atoms with van der Waals surface area (Å²) in [5, 5.41) is 9.03. The van der Waals surface area contributed by atoms with Crippen LogP contribution in [0.2, 0.25) is 5.02 Å². The van der Waals surface area contributed by atoms with Gasteiger partial charge < -0.3 is 14.5 Å². The Morgan fingerprint density at radius 2 is 1.86 bits per heavy atom. The van der Waals surface area contributed by atoms with E-state index in [1.165, 1.54) is 0 Å². The first kappa shape index (κ1) is 18.6. The highest BCUT2D eigenvalue weighted by Gasteiger charge is 2.24. The molecule has 0 bridgehead atoms. The topological polar surface area (TPSA) is 63.0 Å². The fourth-order valence-electron chi connectivity index (χ4n) is 3.44. The first-order chi connectivity index (χ1) is 13.7. The molecule has 1 saturated heterocycles. The Hall–Kier alpha value is -2.80. The standard InChI is InChI=1S/C20H22ClN5O2/c1-28-16-7-4-15(5-8-16)6-9-18(27)24-11-13-25(14-12-24)20-23-22-19-17(21)3-2-10-26(19)20/h2-5,7-8,10H,6,9,11-14H2,1H3. The summed E-state index contributed by atoms with van der Waals surface area (Å²) in [5.74, 6) is 1.78. The zero-order valence-corrected chi connectivity index (χ0v) is 16.5. The second-order valence-electron chi connectivity index (χ2n) is 6.77. The van der Waals surface area contributed by atoms with E-state index < -0.39 is 0 Å². The van der Waals surface area contributed by atoms with Crippen LogP contribution in [0.5, 0.6) is 5.75 Å². The van der Waals surface area contributed by atoms with Gasteiger partial charge in [0.05, 0.1) is 12.1 Å². The predicted molar refractivity (Wildman–Crippen MR) is 108 cm³/mol. The Morgan fingerprint density at radius 3 is 2.57 bits per heavy atom. The Labute approximate surface area is 168 Å². The lowest BCUT2D eigenvalue weighted by Crippen LogP contribution is -2.49. The van der Waals surface area contributed by atoms with Crippen molar-refractivity contribution in [1.82, 2.24) is 19.5 Å². The molecule has 3 heterocycles. The van der Waals surface area contributed by atoms with E-state index in [9.17, 15) is 4.79 Å². The van der Waals surface area contributed by atoms with Crippen LogP contribution in [0.4, 0.5) is 5.95 Å². The van der Waals surface area contributed by atoms with Gasteiger partial charge in [-0.1, -0.05) is 23.7 Å². The van der Waals surface area contributed by atoms with Crippen LogP contribution in [0.1, 0.15) is 12.0 Å². The van der Waals surface area contributed by atoms with Gasteiger partial charge in [-0.15, -0.1) is 10.2 Å². The number of rotatable bonds is 5. The van der Waals surface area contributed by atoms with Crippen molar-refractivity contribution in [2.75, 3.05) is 38.2 Å². The molecule has 8 heteroatoms. The average molecular weight is 400 g/mol. The van der Waals surface area contributed by atoms with Crippen LogP contribution in [0.15, 0.2) is 42.6 Å². The van der Waals surface area contributed by atoms with E-state index in [0.717, 1.165) is 36.8 Å². The van der Waals surface area contributed by atoms with E-state index in [2.05, 4.69) is 15.1 Å². The normalized spacial score (nSPS) is 14.5. The Morgan fingerprint density at radius 1 is 1.11 bits per heavy atom. The molecule has 1 fully saturated rings. The molecule has 0 unspecified atom stereocenters. The number of methoxy groups -OCH3 is 1. The van der Waals surface area contributed by atoms with Crippen molar-refractivity contribution in [2.24, 2.45) is 0 Å². The lowest BCUT2D eigenvalue weighted by atomic mass is 10.1. The van der Waals surface area contributed by atoms with Gasteiger partial charge in [0.1, 0.15) is 5.75 Å². The number of halogens is 1. The summed E-state index contributed by atoms with van der Waals surface area (Å²) in [6.45, 7) is 2.80. The molecule has 2 aromatic heterocycles. The van der Waals surface area contributed by atoms with E-state index >= 15 is 0 Å². The van der Waals surface area contributed by atoms with E-state index in [4.69, 9.17) is 16.3 Å². The number of nitrogens with zero attached hydrogens (tertiary/aromatic N) is 5. The number of hydrogen-bond acceptors (Lipinski definition) is 5. The number of anilines is 1. The number of piperazine rings is 1. The van der Waals surface area contributed by atoms with Gasteiger partial charge in [-0.25, -0.2) is 0 Å². The highest BCUT2D eigenvalue weighted by atomic mass is 35.5. The quantitative estimate of drug-likeness (QED) is 0.660. The molecule has 146 valence electrons. The minimum absolute atomic E-state index is 0.185. The van der Waals surface area contributed by atoms with Crippen molar-refractivity contribution in [3.8, 4) is 5.75 Å². The monoisotopic (exact) mass is 399 g/mol. The molecule has 1 aliphatic rings. The summed E-state index contributed by atoms with van der Waals surface area (Å²) in [5.41, 5.74) is 1.79. The second-order valence-corrected chi connectivity index (χ2v) is 7.17. The fourth-order valence-corrected chi connectivity index (χ4v) is 3.65. The minimum Gasteiger partial charge on any atom is -0.497 e. The van der Waals surface area contributed by atoms with Crippen LogP contribution in [0, 0.1) is 0 Å². The number of aromatic nitrogens is 3. The number of pyridine rings is 1. The van der Waals surface area contributed by atoms with Gasteiger partial charge in [0.15, 0.2) is 5.65 Å². The molecule has 1 aromatic carbocycles. The van der Waals surface area contributed by atoms with Crippen molar-refractivity contribution >= 4 is 29.1 Å². The van der Waals surface area contributed by atoms with Crippen LogP contribution in [0.25, 0.3) is 5.65 Å². The maximum atomic E-state index is 12.6. The molecule has 28 heavy (non-hydrogen) atoms. The second kappa shape index (κ2) is 8.06. The average Bonchev–Trinajstić information content (AvgIpc) is 3.18. The molecule has 1 aliphatic heterocycles. The summed E-state index contributed by atoms with van der Waals surface area (Å²) >= 11 is 6.17. The summed E-state index contributed by atoms with van der Waals surface area (Å²) in [4.78, 5) is 16.6. The molecule has 4 rings (SSSR count). The van der Waals surface area contributed by atoms with Crippen molar-refractivity contribution in [3.05, 3.63) is 53.2 Å². The fraction of sp³-hybridized carbons (Fsp3) is 0.350. The largest absolute Gasteiger partial charge is 0.497 e. The number of benzene rings is 1. The van der Waals surface area contributed by atoms with Gasteiger partial charge in [-0.2, -0.15) is 0 Å². The summed E-state index contributed by atoms with van der Waals surface area (Å²) in [6, 6.07) is 11.5. The maximum absolute atomic E-state index is 12.6. The van der Waals surface area contributed by atoms with Crippen LogP contribution >= 0.6 is 11.6 Å². The molecule has 0 N–H and O–H groups in total. The van der Waals surface area contributed by atoms with Crippen LogP contribution in [-0.2, 0) is 11.2 Å². The van der Waals surface area contributed by atoms with Gasteiger partial charge in [0.2, 0.25) is 11.9 Å². The smallest absolute Gasteiger partial charge is 0.231 e. The van der Waals surface area contributed by atoms with Gasteiger partial charge in [0.25, 0.3) is 0 Å². The third kappa shape index (κ3) is 3.75. The molecule has 7 nitrogen and oxygen atoms in total. The Balaban J connectivity index is 1.33. The minimum atomic E-state index is 0.185. The molecular formula is C20H22ClN5O2. The van der Waals surface area contributed by atoms with Crippen LogP contribution in [-0.4, -0.2) is 58.7 Å². The number of aryl methyl sites for hydroxylation is 1. The van der Waals surface area contributed by atoms with Crippen molar-refractivity contribution < 1.29 is 9.53 Å². The molecule has 0 radical (unpaired) electrons. The molecule has 0 aliphatic carbocycles. The van der Waals surface area contributed by atoms with E-state index in [1.807, 2.05) is 45.8 Å². The lowest BCUT2D eigenvalue weighted by Gasteiger charge is -2.34.